The van der Waals surface area contributed by atoms with E-state index < -0.39 is 0 Å². The fourth-order valence-corrected chi connectivity index (χ4v) is 2.73. The first kappa shape index (κ1) is 11.8. The molecule has 3 nitrogen and oxygen atoms in total. The summed E-state index contributed by atoms with van der Waals surface area (Å²) in [4.78, 5) is 11.2. The van der Waals surface area contributed by atoms with Gasteiger partial charge in [0.2, 0.25) is 0 Å². The molecular weight excluding hydrogens is 266 g/mol. The van der Waals surface area contributed by atoms with Gasteiger partial charge < -0.3 is 4.90 Å². The molecule has 1 aromatic rings. The van der Waals surface area contributed by atoms with E-state index in [1.807, 2.05) is 13.0 Å². The molecule has 2 unspecified atom stereocenters. The smallest absolute Gasteiger partial charge is 0.133 e. The summed E-state index contributed by atoms with van der Waals surface area (Å²) >= 11 is 3.44. The van der Waals surface area contributed by atoms with Gasteiger partial charge >= 0.3 is 0 Å². The van der Waals surface area contributed by atoms with E-state index in [0.717, 1.165) is 28.7 Å². The van der Waals surface area contributed by atoms with E-state index in [0.29, 0.717) is 6.04 Å². The highest BCUT2D eigenvalue weighted by molar-refractivity contribution is 9.10. The van der Waals surface area contributed by atoms with Crippen molar-refractivity contribution in [2.45, 2.75) is 39.7 Å². The van der Waals surface area contributed by atoms with Gasteiger partial charge in [-0.3, -0.25) is 0 Å². The lowest BCUT2D eigenvalue weighted by atomic mass is 9.95. The minimum Gasteiger partial charge on any atom is -0.354 e. The molecule has 0 radical (unpaired) electrons. The third-order valence-corrected chi connectivity index (χ3v) is 3.61. The summed E-state index contributed by atoms with van der Waals surface area (Å²) in [6, 6.07) is 2.60. The zero-order chi connectivity index (χ0) is 11.7. The average molecular weight is 284 g/mol. The molecule has 1 aromatic heterocycles. The molecule has 88 valence electrons. The maximum Gasteiger partial charge on any atom is 0.133 e. The van der Waals surface area contributed by atoms with Crippen molar-refractivity contribution < 1.29 is 0 Å². The lowest BCUT2D eigenvalue weighted by molar-refractivity contribution is 0.388. The van der Waals surface area contributed by atoms with E-state index in [1.54, 1.807) is 0 Å². The molecule has 0 aromatic carbocycles. The van der Waals surface area contributed by atoms with E-state index in [2.05, 4.69) is 44.6 Å². The first-order chi connectivity index (χ1) is 7.56. The van der Waals surface area contributed by atoms with Crippen molar-refractivity contribution in [1.82, 2.24) is 9.97 Å². The van der Waals surface area contributed by atoms with Crippen LogP contribution in [0.1, 0.15) is 32.5 Å². The number of nitrogens with zero attached hydrogens (tertiary/aromatic N) is 3. The van der Waals surface area contributed by atoms with Crippen molar-refractivity contribution in [3.05, 3.63) is 16.5 Å². The Labute approximate surface area is 105 Å². The second-order valence-electron chi connectivity index (χ2n) is 4.78. The minimum absolute atomic E-state index is 0.581. The van der Waals surface area contributed by atoms with Gasteiger partial charge in [-0.2, -0.15) is 0 Å². The summed E-state index contributed by atoms with van der Waals surface area (Å²) in [5, 5.41) is 0. The molecule has 2 rings (SSSR count). The van der Waals surface area contributed by atoms with Gasteiger partial charge in [0.25, 0.3) is 0 Å². The lowest BCUT2D eigenvalue weighted by Gasteiger charge is -2.37. The van der Waals surface area contributed by atoms with Gasteiger partial charge in [0.1, 0.15) is 16.2 Å². The number of hydrogen-bond donors (Lipinski definition) is 0. The molecule has 1 aliphatic heterocycles. The molecular formula is C12H18BrN3. The highest BCUT2D eigenvalue weighted by atomic mass is 79.9. The van der Waals surface area contributed by atoms with Crippen LogP contribution in [0.2, 0.25) is 0 Å². The molecule has 2 atom stereocenters. The van der Waals surface area contributed by atoms with Gasteiger partial charge in [-0.05, 0) is 48.5 Å². The molecule has 0 spiro atoms. The van der Waals surface area contributed by atoms with Crippen LogP contribution in [0, 0.1) is 12.8 Å². The number of rotatable bonds is 1. The SMILES string of the molecule is Cc1nc(Br)cc(N2CC(C)CCC2C)n1. The second-order valence-corrected chi connectivity index (χ2v) is 5.59. The van der Waals surface area contributed by atoms with E-state index in [9.17, 15) is 0 Å². The quantitative estimate of drug-likeness (QED) is 0.742. The summed E-state index contributed by atoms with van der Waals surface area (Å²) in [5.74, 6) is 2.64. The van der Waals surface area contributed by atoms with Crippen molar-refractivity contribution in [3.8, 4) is 0 Å². The molecule has 0 amide bonds. The Hall–Kier alpha value is -0.640. The van der Waals surface area contributed by atoms with Crippen LogP contribution < -0.4 is 4.90 Å². The number of halogens is 1. The van der Waals surface area contributed by atoms with Crippen LogP contribution in [-0.4, -0.2) is 22.6 Å². The summed E-state index contributed by atoms with van der Waals surface area (Å²) in [6.07, 6.45) is 2.57. The maximum absolute atomic E-state index is 4.53. The molecule has 0 bridgehead atoms. The first-order valence-corrected chi connectivity index (χ1v) is 6.63. The average Bonchev–Trinajstić information content (AvgIpc) is 2.20. The first-order valence-electron chi connectivity index (χ1n) is 5.84. The molecule has 0 saturated carbocycles. The summed E-state index contributed by atoms with van der Waals surface area (Å²) in [6.45, 7) is 7.62. The topological polar surface area (TPSA) is 29.0 Å². The second kappa shape index (κ2) is 4.70. The third-order valence-electron chi connectivity index (χ3n) is 3.21. The molecule has 0 aliphatic carbocycles. The van der Waals surface area contributed by atoms with Crippen molar-refractivity contribution in [2.75, 3.05) is 11.4 Å². The van der Waals surface area contributed by atoms with E-state index in [1.165, 1.54) is 12.8 Å². The Morgan fingerprint density at radius 1 is 1.31 bits per heavy atom. The van der Waals surface area contributed by atoms with Gasteiger partial charge in [-0.15, -0.1) is 0 Å². The molecule has 1 aliphatic rings. The highest BCUT2D eigenvalue weighted by Gasteiger charge is 2.24. The van der Waals surface area contributed by atoms with E-state index in [-0.39, 0.29) is 0 Å². The van der Waals surface area contributed by atoms with Crippen molar-refractivity contribution in [3.63, 3.8) is 0 Å². The molecule has 2 heterocycles. The summed E-state index contributed by atoms with van der Waals surface area (Å²) < 4.78 is 0.875. The van der Waals surface area contributed by atoms with Crippen LogP contribution in [0.5, 0.6) is 0 Å². The normalized spacial score (nSPS) is 25.9. The van der Waals surface area contributed by atoms with Crippen LogP contribution in [0.3, 0.4) is 0 Å². The Morgan fingerprint density at radius 3 is 2.75 bits per heavy atom. The van der Waals surface area contributed by atoms with Gasteiger partial charge in [0, 0.05) is 18.7 Å². The Balaban J connectivity index is 2.27. The van der Waals surface area contributed by atoms with Crippen LogP contribution in [0.25, 0.3) is 0 Å². The Kier molecular flexibility index (Phi) is 3.47. The van der Waals surface area contributed by atoms with Gasteiger partial charge in [0.05, 0.1) is 0 Å². The fourth-order valence-electron chi connectivity index (χ4n) is 2.27. The van der Waals surface area contributed by atoms with Gasteiger partial charge in [-0.25, -0.2) is 9.97 Å². The molecule has 1 saturated heterocycles. The largest absolute Gasteiger partial charge is 0.354 e. The van der Waals surface area contributed by atoms with E-state index in [4.69, 9.17) is 0 Å². The van der Waals surface area contributed by atoms with Gasteiger partial charge in [0.15, 0.2) is 0 Å². The zero-order valence-corrected chi connectivity index (χ0v) is 11.7. The summed E-state index contributed by atoms with van der Waals surface area (Å²) in [5.41, 5.74) is 0. The van der Waals surface area contributed by atoms with Crippen LogP contribution >= 0.6 is 15.9 Å². The van der Waals surface area contributed by atoms with E-state index >= 15 is 0 Å². The number of anilines is 1. The monoisotopic (exact) mass is 283 g/mol. The van der Waals surface area contributed by atoms with Crippen LogP contribution in [0.4, 0.5) is 5.82 Å². The van der Waals surface area contributed by atoms with Crippen LogP contribution in [0.15, 0.2) is 10.7 Å². The van der Waals surface area contributed by atoms with Crippen molar-refractivity contribution in [2.24, 2.45) is 5.92 Å². The minimum atomic E-state index is 0.581. The predicted molar refractivity (Wildman–Crippen MR) is 69.7 cm³/mol. The standard InChI is InChI=1S/C12H18BrN3/c1-8-4-5-9(2)16(7-8)12-6-11(13)14-10(3)15-12/h6,8-9H,4-5,7H2,1-3H3. The molecule has 4 heteroatoms. The number of hydrogen-bond acceptors (Lipinski definition) is 3. The Morgan fingerprint density at radius 2 is 2.06 bits per heavy atom. The third kappa shape index (κ3) is 2.54. The molecule has 1 fully saturated rings. The van der Waals surface area contributed by atoms with Gasteiger partial charge in [-0.1, -0.05) is 6.92 Å². The lowest BCUT2D eigenvalue weighted by Crippen LogP contribution is -2.41. The van der Waals surface area contributed by atoms with Crippen molar-refractivity contribution >= 4 is 21.7 Å². The maximum atomic E-state index is 4.53. The summed E-state index contributed by atoms with van der Waals surface area (Å²) in [7, 11) is 0. The molecule has 16 heavy (non-hydrogen) atoms. The Bertz CT molecular complexity index is 360. The number of aromatic nitrogens is 2. The number of piperidine rings is 1. The predicted octanol–water partition coefficient (Wildman–Crippen LogP) is 3.17. The van der Waals surface area contributed by atoms with Crippen molar-refractivity contribution in [1.29, 1.82) is 0 Å². The highest BCUT2D eigenvalue weighted by Crippen LogP contribution is 2.27. The fraction of sp³-hybridized carbons (Fsp3) is 0.667. The van der Waals surface area contributed by atoms with Crippen LogP contribution in [-0.2, 0) is 0 Å². The molecule has 0 N–H and O–H groups in total. The zero-order valence-electron chi connectivity index (χ0n) is 10.1. The number of aryl methyl sites for hydroxylation is 1.